The zero-order valence-corrected chi connectivity index (χ0v) is 19.1. The van der Waals surface area contributed by atoms with Gasteiger partial charge in [0, 0.05) is 29.0 Å². The van der Waals surface area contributed by atoms with E-state index < -0.39 is 6.10 Å². The van der Waals surface area contributed by atoms with Gasteiger partial charge in [-0.15, -0.1) is 23.1 Å². The molecule has 2 N–H and O–H groups in total. The Morgan fingerprint density at radius 3 is 2.61 bits per heavy atom. The topological polar surface area (TPSA) is 89.9 Å². The molecule has 3 aromatic rings. The van der Waals surface area contributed by atoms with Gasteiger partial charge in [0.2, 0.25) is 0 Å². The third-order valence-corrected chi connectivity index (χ3v) is 5.65. The summed E-state index contributed by atoms with van der Waals surface area (Å²) in [6.07, 6.45) is 1.58. The van der Waals surface area contributed by atoms with Crippen LogP contribution in [0.25, 0.3) is 0 Å². The van der Waals surface area contributed by atoms with Crippen LogP contribution in [0.3, 0.4) is 0 Å². The van der Waals surface area contributed by atoms with Crippen molar-refractivity contribution in [3.05, 3.63) is 59.1 Å². The predicted octanol–water partition coefficient (Wildman–Crippen LogP) is 4.82. The third-order valence-electron chi connectivity index (χ3n) is 4.10. The molecule has 0 radical (unpaired) electrons. The van der Waals surface area contributed by atoms with E-state index in [0.29, 0.717) is 34.6 Å². The monoisotopic (exact) mass is 460 g/mol. The summed E-state index contributed by atoms with van der Waals surface area (Å²) >= 11 is 2.96. The van der Waals surface area contributed by atoms with Crippen molar-refractivity contribution < 1.29 is 24.1 Å². The van der Waals surface area contributed by atoms with E-state index in [9.17, 15) is 9.90 Å². The van der Waals surface area contributed by atoms with Crippen LogP contribution in [0.1, 0.15) is 23.0 Å². The van der Waals surface area contributed by atoms with Crippen molar-refractivity contribution in [2.45, 2.75) is 24.5 Å². The standard InChI is InChI=1S/C22H24N2O5S2/c1-14(11-25)28-18-8-15(21(26)24-22-23-16(12-27-2)13-31-22)9-19(10-18)29-17-4-6-20(30-3)7-5-17/h4-10,13-14,25H,11-12H2,1-3H3,(H,23,24,26)/t14-/m0/s1. The Hall–Kier alpha value is -2.59. The first-order valence-electron chi connectivity index (χ1n) is 9.50. The summed E-state index contributed by atoms with van der Waals surface area (Å²) in [6, 6.07) is 12.6. The van der Waals surface area contributed by atoms with Crippen molar-refractivity contribution in [1.29, 1.82) is 0 Å². The van der Waals surface area contributed by atoms with E-state index in [2.05, 4.69) is 10.3 Å². The highest BCUT2D eigenvalue weighted by Crippen LogP contribution is 2.30. The zero-order valence-electron chi connectivity index (χ0n) is 17.5. The fourth-order valence-electron chi connectivity index (χ4n) is 2.63. The van der Waals surface area contributed by atoms with Gasteiger partial charge in [0.25, 0.3) is 5.91 Å². The summed E-state index contributed by atoms with van der Waals surface area (Å²) in [5.74, 6) is 1.16. The lowest BCUT2D eigenvalue weighted by Gasteiger charge is -2.15. The normalized spacial score (nSPS) is 11.7. The first-order chi connectivity index (χ1) is 15.0. The molecular weight excluding hydrogens is 436 g/mol. The SMILES string of the molecule is COCc1csc(NC(=O)c2cc(Oc3ccc(SC)cc3)cc(O[C@@H](C)CO)c2)n1. The van der Waals surface area contributed by atoms with E-state index in [0.717, 1.165) is 10.6 Å². The number of hydrogen-bond donors (Lipinski definition) is 2. The van der Waals surface area contributed by atoms with Crippen LogP contribution in [0.15, 0.2) is 52.7 Å². The molecule has 0 fully saturated rings. The molecule has 164 valence electrons. The van der Waals surface area contributed by atoms with Gasteiger partial charge in [0.15, 0.2) is 5.13 Å². The number of methoxy groups -OCH3 is 1. The predicted molar refractivity (Wildman–Crippen MR) is 123 cm³/mol. The summed E-state index contributed by atoms with van der Waals surface area (Å²) < 4.78 is 16.7. The highest BCUT2D eigenvalue weighted by molar-refractivity contribution is 7.98. The van der Waals surface area contributed by atoms with Gasteiger partial charge < -0.3 is 19.3 Å². The molecule has 9 heteroatoms. The van der Waals surface area contributed by atoms with Gasteiger partial charge in [0.05, 0.1) is 18.9 Å². The maximum atomic E-state index is 12.8. The number of ether oxygens (including phenoxy) is 3. The fraction of sp³-hybridized carbons (Fsp3) is 0.273. The Labute approximate surface area is 189 Å². The average Bonchev–Trinajstić information content (AvgIpc) is 3.21. The van der Waals surface area contributed by atoms with Crippen LogP contribution in [-0.2, 0) is 11.3 Å². The average molecular weight is 461 g/mol. The smallest absolute Gasteiger partial charge is 0.257 e. The van der Waals surface area contributed by atoms with Gasteiger partial charge in [-0.25, -0.2) is 4.98 Å². The van der Waals surface area contributed by atoms with E-state index in [1.807, 2.05) is 35.9 Å². The van der Waals surface area contributed by atoms with Crippen molar-refractivity contribution in [2.75, 3.05) is 25.3 Å². The Balaban J connectivity index is 1.83. The molecular formula is C22H24N2O5S2. The van der Waals surface area contributed by atoms with Crippen LogP contribution in [0.2, 0.25) is 0 Å². The second-order valence-electron chi connectivity index (χ2n) is 6.61. The van der Waals surface area contributed by atoms with Crippen molar-refractivity contribution in [3.63, 3.8) is 0 Å². The number of amides is 1. The molecule has 1 aromatic heterocycles. The van der Waals surface area contributed by atoms with Crippen LogP contribution in [0.5, 0.6) is 17.2 Å². The van der Waals surface area contributed by atoms with Gasteiger partial charge in [-0.3, -0.25) is 10.1 Å². The van der Waals surface area contributed by atoms with Gasteiger partial charge in [-0.2, -0.15) is 0 Å². The summed E-state index contributed by atoms with van der Waals surface area (Å²) in [6.45, 7) is 1.97. The lowest BCUT2D eigenvalue weighted by Crippen LogP contribution is -2.17. The lowest BCUT2D eigenvalue weighted by atomic mass is 10.2. The molecule has 31 heavy (non-hydrogen) atoms. The van der Waals surface area contributed by atoms with Gasteiger partial charge in [0.1, 0.15) is 23.4 Å². The molecule has 0 saturated heterocycles. The Kier molecular flexibility index (Phi) is 8.30. The maximum absolute atomic E-state index is 12.8. The van der Waals surface area contributed by atoms with Crippen LogP contribution in [-0.4, -0.2) is 42.1 Å². The van der Waals surface area contributed by atoms with Crippen molar-refractivity contribution >= 4 is 34.1 Å². The summed E-state index contributed by atoms with van der Waals surface area (Å²) in [5, 5.41) is 14.4. The number of rotatable bonds is 10. The maximum Gasteiger partial charge on any atom is 0.257 e. The number of aliphatic hydroxyl groups is 1. The fourth-order valence-corrected chi connectivity index (χ4v) is 3.73. The molecule has 1 amide bonds. The molecule has 0 unspecified atom stereocenters. The number of nitrogens with one attached hydrogen (secondary N) is 1. The van der Waals surface area contributed by atoms with E-state index in [-0.39, 0.29) is 12.5 Å². The van der Waals surface area contributed by atoms with Gasteiger partial charge in [-0.05, 0) is 49.6 Å². The summed E-state index contributed by atoms with van der Waals surface area (Å²) in [7, 11) is 1.59. The Morgan fingerprint density at radius 2 is 1.94 bits per heavy atom. The minimum atomic E-state index is -0.428. The molecule has 0 bridgehead atoms. The molecule has 0 saturated carbocycles. The highest BCUT2D eigenvalue weighted by Gasteiger charge is 2.14. The van der Waals surface area contributed by atoms with Crippen molar-refractivity contribution in [2.24, 2.45) is 0 Å². The molecule has 0 aliphatic carbocycles. The summed E-state index contributed by atoms with van der Waals surface area (Å²) in [5.41, 5.74) is 1.09. The zero-order chi connectivity index (χ0) is 22.2. The third kappa shape index (κ3) is 6.70. The van der Waals surface area contributed by atoms with Crippen molar-refractivity contribution in [1.82, 2.24) is 4.98 Å². The first kappa shape index (κ1) is 23.1. The minimum absolute atomic E-state index is 0.149. The number of nitrogens with zero attached hydrogens (tertiary/aromatic N) is 1. The lowest BCUT2D eigenvalue weighted by molar-refractivity contribution is 0.102. The van der Waals surface area contributed by atoms with Gasteiger partial charge in [-0.1, -0.05) is 0 Å². The largest absolute Gasteiger partial charge is 0.488 e. The number of thioether (sulfide) groups is 1. The molecule has 1 heterocycles. The van der Waals surface area contributed by atoms with Gasteiger partial charge >= 0.3 is 0 Å². The summed E-state index contributed by atoms with van der Waals surface area (Å²) in [4.78, 5) is 18.3. The number of thiazole rings is 1. The quantitative estimate of drug-likeness (QED) is 0.419. The van der Waals surface area contributed by atoms with E-state index in [4.69, 9.17) is 14.2 Å². The molecule has 1 atom stereocenters. The molecule has 2 aromatic carbocycles. The number of aromatic nitrogens is 1. The molecule has 0 aliphatic rings. The number of carbonyl (C=O) groups is 1. The first-order valence-corrected chi connectivity index (χ1v) is 11.6. The van der Waals surface area contributed by atoms with E-state index in [1.54, 1.807) is 44.0 Å². The Bertz CT molecular complexity index is 1010. The minimum Gasteiger partial charge on any atom is -0.488 e. The van der Waals surface area contributed by atoms with Crippen molar-refractivity contribution in [3.8, 4) is 17.2 Å². The second-order valence-corrected chi connectivity index (χ2v) is 8.35. The molecule has 0 aliphatic heterocycles. The highest BCUT2D eigenvalue weighted by atomic mass is 32.2. The van der Waals surface area contributed by atoms with E-state index in [1.165, 1.54) is 11.3 Å². The van der Waals surface area contributed by atoms with Crippen LogP contribution in [0, 0.1) is 0 Å². The number of benzene rings is 2. The van der Waals surface area contributed by atoms with Crippen LogP contribution in [0.4, 0.5) is 5.13 Å². The van der Waals surface area contributed by atoms with Crippen LogP contribution >= 0.6 is 23.1 Å². The Morgan fingerprint density at radius 1 is 1.19 bits per heavy atom. The molecule has 0 spiro atoms. The number of hydrogen-bond acceptors (Lipinski definition) is 8. The number of aliphatic hydroxyl groups excluding tert-OH is 1. The molecule has 7 nitrogen and oxygen atoms in total. The number of carbonyl (C=O) groups excluding carboxylic acids is 1. The molecule has 3 rings (SSSR count). The van der Waals surface area contributed by atoms with E-state index >= 15 is 0 Å². The second kappa shape index (κ2) is 11.1. The van der Waals surface area contributed by atoms with Crippen LogP contribution < -0.4 is 14.8 Å². The number of anilines is 1.